The average molecular weight is 392 g/mol. The van der Waals surface area contributed by atoms with Gasteiger partial charge in [0.15, 0.2) is 0 Å². The van der Waals surface area contributed by atoms with Crippen molar-refractivity contribution in [3.63, 3.8) is 0 Å². The molecule has 160 valence electrons. The lowest BCUT2D eigenvalue weighted by molar-refractivity contribution is -0.119. The van der Waals surface area contributed by atoms with Gasteiger partial charge in [-0.1, -0.05) is 63.3 Å². The molecule has 0 rings (SSSR count). The Morgan fingerprint density at radius 1 is 1.11 bits per heavy atom. The zero-order valence-corrected chi connectivity index (χ0v) is 18.5. The maximum atomic E-state index is 11.9. The molecule has 5 nitrogen and oxygen atoms in total. The third kappa shape index (κ3) is 11.8. The zero-order valence-electron chi connectivity index (χ0n) is 18.5. The normalized spacial score (nSPS) is 15.1. The molecule has 0 radical (unpaired) electrons. The van der Waals surface area contributed by atoms with Crippen LogP contribution in [0.4, 0.5) is 0 Å². The number of aldehydes is 1. The lowest BCUT2D eigenvalue weighted by Crippen LogP contribution is -2.39. The number of carbonyl (C=O) groups is 2. The SMILES string of the molecule is CC/C=C\C(C)=C/CC(NC(C)=O)/C(C=O)=C(/CN)NC(C)CCCCCC. The maximum absolute atomic E-state index is 11.9. The van der Waals surface area contributed by atoms with Gasteiger partial charge >= 0.3 is 0 Å². The van der Waals surface area contributed by atoms with Crippen LogP contribution in [0.2, 0.25) is 0 Å². The van der Waals surface area contributed by atoms with E-state index in [1.54, 1.807) is 0 Å². The van der Waals surface area contributed by atoms with Crippen molar-refractivity contribution in [2.75, 3.05) is 6.54 Å². The van der Waals surface area contributed by atoms with Gasteiger partial charge in [0.25, 0.3) is 0 Å². The van der Waals surface area contributed by atoms with E-state index in [0.717, 1.165) is 31.1 Å². The minimum absolute atomic E-state index is 0.163. The molecule has 0 aliphatic rings. The number of rotatable bonds is 15. The van der Waals surface area contributed by atoms with Crippen LogP contribution in [0.15, 0.2) is 35.1 Å². The van der Waals surface area contributed by atoms with E-state index in [1.807, 2.05) is 13.0 Å². The molecular weight excluding hydrogens is 350 g/mol. The van der Waals surface area contributed by atoms with Gasteiger partial charge in [-0.2, -0.15) is 0 Å². The van der Waals surface area contributed by atoms with E-state index in [0.29, 0.717) is 17.7 Å². The molecule has 0 aromatic carbocycles. The van der Waals surface area contributed by atoms with Crippen LogP contribution in [0.1, 0.15) is 79.6 Å². The summed E-state index contributed by atoms with van der Waals surface area (Å²) in [6, 6.07) is -0.161. The summed E-state index contributed by atoms with van der Waals surface area (Å²) in [5, 5.41) is 6.31. The molecule has 2 unspecified atom stereocenters. The number of nitrogens with two attached hydrogens (primary N) is 1. The first kappa shape index (κ1) is 26.1. The summed E-state index contributed by atoms with van der Waals surface area (Å²) >= 11 is 0. The van der Waals surface area contributed by atoms with Gasteiger partial charge in [-0.25, -0.2) is 0 Å². The Labute approximate surface area is 171 Å². The predicted octanol–water partition coefficient (Wildman–Crippen LogP) is 4.15. The van der Waals surface area contributed by atoms with E-state index < -0.39 is 6.04 Å². The highest BCUT2D eigenvalue weighted by Crippen LogP contribution is 2.13. The van der Waals surface area contributed by atoms with Crippen LogP contribution in [0.5, 0.6) is 0 Å². The molecule has 0 aromatic rings. The largest absolute Gasteiger partial charge is 0.384 e. The molecule has 0 aromatic heterocycles. The molecule has 4 N–H and O–H groups in total. The van der Waals surface area contributed by atoms with Crippen LogP contribution in [-0.2, 0) is 9.59 Å². The summed E-state index contributed by atoms with van der Waals surface area (Å²) in [6.07, 6.45) is 14.4. The second-order valence-corrected chi connectivity index (χ2v) is 7.40. The molecule has 5 heteroatoms. The highest BCUT2D eigenvalue weighted by Gasteiger charge is 2.19. The van der Waals surface area contributed by atoms with Crippen LogP contribution in [0, 0.1) is 0 Å². The molecule has 0 heterocycles. The van der Waals surface area contributed by atoms with Gasteiger partial charge in [-0.3, -0.25) is 9.59 Å². The van der Waals surface area contributed by atoms with Crippen LogP contribution in [0.3, 0.4) is 0 Å². The van der Waals surface area contributed by atoms with E-state index >= 15 is 0 Å². The van der Waals surface area contributed by atoms with Gasteiger partial charge in [-0.05, 0) is 33.1 Å². The molecule has 0 saturated carbocycles. The van der Waals surface area contributed by atoms with Crippen molar-refractivity contribution in [2.45, 2.75) is 91.6 Å². The second kappa shape index (κ2) is 16.1. The first-order valence-electron chi connectivity index (χ1n) is 10.6. The van der Waals surface area contributed by atoms with E-state index in [4.69, 9.17) is 5.73 Å². The number of hydrogen-bond donors (Lipinski definition) is 3. The summed E-state index contributed by atoms with van der Waals surface area (Å²) in [6.45, 7) is 10.1. The van der Waals surface area contributed by atoms with Crippen molar-refractivity contribution in [3.05, 3.63) is 35.1 Å². The van der Waals surface area contributed by atoms with E-state index in [9.17, 15) is 9.59 Å². The molecule has 28 heavy (non-hydrogen) atoms. The molecule has 0 spiro atoms. The van der Waals surface area contributed by atoms with E-state index in [2.05, 4.69) is 43.6 Å². The van der Waals surface area contributed by atoms with Crippen LogP contribution < -0.4 is 16.4 Å². The van der Waals surface area contributed by atoms with Crippen LogP contribution in [-0.4, -0.2) is 30.8 Å². The first-order chi connectivity index (χ1) is 13.4. The monoisotopic (exact) mass is 391 g/mol. The lowest BCUT2D eigenvalue weighted by Gasteiger charge is -2.23. The van der Waals surface area contributed by atoms with Crippen molar-refractivity contribution in [2.24, 2.45) is 5.73 Å². The average Bonchev–Trinajstić information content (AvgIpc) is 2.66. The number of allylic oxidation sites excluding steroid dienone is 3. The highest BCUT2D eigenvalue weighted by atomic mass is 16.1. The Hall–Kier alpha value is -1.88. The van der Waals surface area contributed by atoms with Crippen molar-refractivity contribution >= 4 is 12.2 Å². The standard InChI is InChI=1S/C23H41N3O2/c1-6-8-10-11-13-19(4)25-23(16-24)21(17-27)22(26-20(5)28)15-14-18(3)12-9-7-2/h9,12,14,17,19,22,25H,6-8,10-11,13,15-16,24H2,1-5H3,(H,26,28)/b12-9-,18-14-,23-21-. The van der Waals surface area contributed by atoms with Crippen molar-refractivity contribution in [1.82, 2.24) is 10.6 Å². The summed E-state index contributed by atoms with van der Waals surface area (Å²) in [5.41, 5.74) is 8.30. The van der Waals surface area contributed by atoms with Crippen molar-refractivity contribution < 1.29 is 9.59 Å². The molecule has 0 fully saturated rings. The Kier molecular flexibility index (Phi) is 15.0. The van der Waals surface area contributed by atoms with E-state index in [-0.39, 0.29) is 18.5 Å². The predicted molar refractivity (Wildman–Crippen MR) is 119 cm³/mol. The van der Waals surface area contributed by atoms with Gasteiger partial charge in [0.1, 0.15) is 6.29 Å². The number of unbranched alkanes of at least 4 members (excludes halogenated alkanes) is 3. The van der Waals surface area contributed by atoms with Gasteiger partial charge in [0.2, 0.25) is 5.91 Å². The number of amides is 1. The fraction of sp³-hybridized carbons (Fsp3) is 0.652. The Morgan fingerprint density at radius 3 is 2.36 bits per heavy atom. The van der Waals surface area contributed by atoms with Gasteiger partial charge < -0.3 is 16.4 Å². The molecule has 0 aliphatic carbocycles. The third-order valence-corrected chi connectivity index (χ3v) is 4.64. The van der Waals surface area contributed by atoms with E-state index in [1.165, 1.54) is 26.2 Å². The highest BCUT2D eigenvalue weighted by molar-refractivity contribution is 5.80. The van der Waals surface area contributed by atoms with Gasteiger partial charge in [0, 0.05) is 30.8 Å². The third-order valence-electron chi connectivity index (χ3n) is 4.64. The maximum Gasteiger partial charge on any atom is 0.217 e. The summed E-state index contributed by atoms with van der Waals surface area (Å²) in [7, 11) is 0. The van der Waals surface area contributed by atoms with Gasteiger partial charge in [-0.15, -0.1) is 0 Å². The first-order valence-corrected chi connectivity index (χ1v) is 10.6. The Morgan fingerprint density at radius 2 is 1.82 bits per heavy atom. The minimum atomic E-state index is -0.390. The lowest BCUT2D eigenvalue weighted by atomic mass is 9.99. The van der Waals surface area contributed by atoms with Crippen LogP contribution >= 0.6 is 0 Å². The Bertz CT molecular complexity index is 550. The number of nitrogens with one attached hydrogen (secondary N) is 2. The van der Waals surface area contributed by atoms with Crippen molar-refractivity contribution in [1.29, 1.82) is 0 Å². The zero-order chi connectivity index (χ0) is 21.4. The smallest absolute Gasteiger partial charge is 0.217 e. The fourth-order valence-corrected chi connectivity index (χ4v) is 3.06. The molecular formula is C23H41N3O2. The molecule has 0 aliphatic heterocycles. The fourth-order valence-electron chi connectivity index (χ4n) is 3.06. The van der Waals surface area contributed by atoms with Gasteiger partial charge in [0.05, 0.1) is 6.04 Å². The molecule has 2 atom stereocenters. The molecule has 0 bridgehead atoms. The van der Waals surface area contributed by atoms with Crippen LogP contribution in [0.25, 0.3) is 0 Å². The topological polar surface area (TPSA) is 84.2 Å². The molecule has 0 saturated heterocycles. The summed E-state index contributed by atoms with van der Waals surface area (Å²) in [4.78, 5) is 23.6. The number of carbonyl (C=O) groups excluding carboxylic acids is 2. The minimum Gasteiger partial charge on any atom is -0.384 e. The molecule has 1 amide bonds. The number of hydrogen-bond acceptors (Lipinski definition) is 4. The summed E-state index contributed by atoms with van der Waals surface area (Å²) < 4.78 is 0. The van der Waals surface area contributed by atoms with Crippen molar-refractivity contribution in [3.8, 4) is 0 Å². The summed E-state index contributed by atoms with van der Waals surface area (Å²) in [5.74, 6) is -0.163. The second-order valence-electron chi connectivity index (χ2n) is 7.40. The quantitative estimate of drug-likeness (QED) is 0.169. The Balaban J connectivity index is 5.34.